The number of benzene rings is 2. The Bertz CT molecular complexity index is 1260. The zero-order valence-corrected chi connectivity index (χ0v) is 17.1. The Hall–Kier alpha value is -3.05. The van der Waals surface area contributed by atoms with Gasteiger partial charge in [-0.05, 0) is 37.3 Å². The Morgan fingerprint density at radius 1 is 1.00 bits per heavy atom. The number of aromatic nitrogens is 2. The third kappa shape index (κ3) is 5.06. The molecule has 1 aromatic heterocycles. The Morgan fingerprint density at radius 3 is 2.34 bits per heavy atom. The molecule has 3 rings (SSSR count). The Morgan fingerprint density at radius 2 is 1.69 bits per heavy atom. The zero-order valence-electron chi connectivity index (χ0n) is 15.5. The summed E-state index contributed by atoms with van der Waals surface area (Å²) >= 11 is 0. The van der Waals surface area contributed by atoms with Gasteiger partial charge < -0.3 is 4.42 Å². The molecule has 0 bridgehead atoms. The molecule has 1 amide bonds. The van der Waals surface area contributed by atoms with E-state index in [2.05, 4.69) is 15.5 Å². The normalized spacial score (nSPS) is 11.9. The molecule has 0 aliphatic heterocycles. The van der Waals surface area contributed by atoms with Crippen molar-refractivity contribution in [3.05, 3.63) is 54.1 Å². The number of carbonyl (C=O) groups is 1. The first-order valence-electron chi connectivity index (χ1n) is 8.28. The highest BCUT2D eigenvalue weighted by atomic mass is 32.2. The van der Waals surface area contributed by atoms with Crippen LogP contribution in [0.25, 0.3) is 11.5 Å². The smallest absolute Gasteiger partial charge is 0.322 e. The van der Waals surface area contributed by atoms with E-state index in [1.165, 1.54) is 30.3 Å². The third-order valence-corrected chi connectivity index (χ3v) is 6.62. The Balaban J connectivity index is 1.73. The quantitative estimate of drug-likeness (QED) is 0.619. The highest BCUT2D eigenvalue weighted by Crippen LogP contribution is 2.23. The van der Waals surface area contributed by atoms with E-state index in [1.807, 2.05) is 6.92 Å². The fourth-order valence-electron chi connectivity index (χ4n) is 2.41. The molecular formula is C18H17N3O6S2. The van der Waals surface area contributed by atoms with Gasteiger partial charge in [-0.1, -0.05) is 28.9 Å². The molecule has 2 aromatic carbocycles. The molecule has 0 radical (unpaired) electrons. The number of hydrogen-bond donors (Lipinski definition) is 1. The maximum atomic E-state index is 12.3. The SMILES string of the molecule is Cc1ccc(S(=O)(=O)CC(=O)Nc2nnc(-c3cccc(S(C)(=O)=O)c3)o2)cc1. The number of aryl methyl sites for hydroxylation is 1. The molecule has 3 aromatic rings. The molecule has 0 unspecified atom stereocenters. The largest absolute Gasteiger partial charge is 0.403 e. The molecule has 11 heteroatoms. The summed E-state index contributed by atoms with van der Waals surface area (Å²) in [5.41, 5.74) is 1.24. The van der Waals surface area contributed by atoms with Crippen molar-refractivity contribution < 1.29 is 26.0 Å². The fourth-order valence-corrected chi connectivity index (χ4v) is 4.21. The minimum absolute atomic E-state index is 0.0211. The summed E-state index contributed by atoms with van der Waals surface area (Å²) in [6.45, 7) is 1.82. The number of nitrogens with zero attached hydrogens (tertiary/aromatic N) is 2. The molecule has 1 heterocycles. The lowest BCUT2D eigenvalue weighted by Crippen LogP contribution is -2.23. The van der Waals surface area contributed by atoms with Gasteiger partial charge in [-0.15, -0.1) is 5.10 Å². The van der Waals surface area contributed by atoms with Crippen molar-refractivity contribution in [2.75, 3.05) is 17.3 Å². The standard InChI is InChI=1S/C18H17N3O6S2/c1-12-6-8-14(9-7-12)29(25,26)11-16(22)19-18-21-20-17(27-18)13-4-3-5-15(10-13)28(2,23)24/h3-10H,11H2,1-2H3,(H,19,21,22). The van der Waals surface area contributed by atoms with E-state index in [9.17, 15) is 21.6 Å². The van der Waals surface area contributed by atoms with Gasteiger partial charge in [0.25, 0.3) is 0 Å². The van der Waals surface area contributed by atoms with Crippen molar-refractivity contribution in [2.45, 2.75) is 16.7 Å². The number of amides is 1. The second kappa shape index (κ2) is 7.76. The van der Waals surface area contributed by atoms with Gasteiger partial charge in [0.15, 0.2) is 19.7 Å². The lowest BCUT2D eigenvalue weighted by atomic mass is 10.2. The summed E-state index contributed by atoms with van der Waals surface area (Å²) in [6, 6.07) is 11.7. The summed E-state index contributed by atoms with van der Waals surface area (Å²) < 4.78 is 53.2. The van der Waals surface area contributed by atoms with E-state index in [-0.39, 0.29) is 21.7 Å². The zero-order chi connectivity index (χ0) is 21.2. The average molecular weight is 435 g/mol. The van der Waals surface area contributed by atoms with Crippen LogP contribution in [0.3, 0.4) is 0 Å². The van der Waals surface area contributed by atoms with Crippen molar-refractivity contribution in [2.24, 2.45) is 0 Å². The van der Waals surface area contributed by atoms with Crippen molar-refractivity contribution >= 4 is 31.6 Å². The first-order valence-corrected chi connectivity index (χ1v) is 11.8. The van der Waals surface area contributed by atoms with Gasteiger partial charge in [-0.3, -0.25) is 10.1 Å². The molecular weight excluding hydrogens is 418 g/mol. The van der Waals surface area contributed by atoms with Crippen LogP contribution in [0.2, 0.25) is 0 Å². The average Bonchev–Trinajstić information content (AvgIpc) is 3.09. The molecule has 0 aliphatic carbocycles. The summed E-state index contributed by atoms with van der Waals surface area (Å²) in [4.78, 5) is 12.2. The molecule has 29 heavy (non-hydrogen) atoms. The second-order valence-corrected chi connectivity index (χ2v) is 10.3. The van der Waals surface area contributed by atoms with Crippen LogP contribution in [-0.4, -0.2) is 44.9 Å². The number of carbonyl (C=O) groups excluding carboxylic acids is 1. The van der Waals surface area contributed by atoms with Crippen molar-refractivity contribution in [3.8, 4) is 11.5 Å². The van der Waals surface area contributed by atoms with Crippen molar-refractivity contribution in [1.29, 1.82) is 0 Å². The van der Waals surface area contributed by atoms with E-state index in [0.717, 1.165) is 11.8 Å². The summed E-state index contributed by atoms with van der Waals surface area (Å²) in [6.07, 6.45) is 1.07. The van der Waals surface area contributed by atoms with Crippen LogP contribution in [-0.2, 0) is 24.5 Å². The van der Waals surface area contributed by atoms with Gasteiger partial charge in [0.05, 0.1) is 9.79 Å². The van der Waals surface area contributed by atoms with Gasteiger partial charge in [-0.2, -0.15) is 0 Å². The molecule has 0 fully saturated rings. The van der Waals surface area contributed by atoms with E-state index in [0.29, 0.717) is 5.56 Å². The summed E-state index contributed by atoms with van der Waals surface area (Å²) in [5.74, 6) is -1.66. The Labute approximate surface area is 167 Å². The monoisotopic (exact) mass is 435 g/mol. The lowest BCUT2D eigenvalue weighted by Gasteiger charge is -2.04. The van der Waals surface area contributed by atoms with Gasteiger partial charge in [-0.25, -0.2) is 16.8 Å². The second-order valence-electron chi connectivity index (χ2n) is 6.33. The van der Waals surface area contributed by atoms with Gasteiger partial charge >= 0.3 is 6.01 Å². The molecule has 0 saturated carbocycles. The van der Waals surface area contributed by atoms with Crippen molar-refractivity contribution in [3.63, 3.8) is 0 Å². The number of nitrogens with one attached hydrogen (secondary N) is 1. The lowest BCUT2D eigenvalue weighted by molar-refractivity contribution is -0.114. The number of anilines is 1. The first kappa shape index (κ1) is 20.7. The van der Waals surface area contributed by atoms with Crippen LogP contribution in [0.1, 0.15) is 5.56 Å². The number of rotatable bonds is 6. The van der Waals surface area contributed by atoms with Crippen LogP contribution in [0.15, 0.2) is 62.7 Å². The van der Waals surface area contributed by atoms with Crippen LogP contribution >= 0.6 is 0 Å². The molecule has 0 spiro atoms. The van der Waals surface area contributed by atoms with Crippen molar-refractivity contribution in [1.82, 2.24) is 10.2 Å². The van der Waals surface area contributed by atoms with Crippen LogP contribution in [0.5, 0.6) is 0 Å². The van der Waals surface area contributed by atoms with E-state index >= 15 is 0 Å². The minimum atomic E-state index is -3.83. The molecule has 0 atom stereocenters. The predicted octanol–water partition coefficient (Wildman–Crippen LogP) is 1.86. The van der Waals surface area contributed by atoms with E-state index in [4.69, 9.17) is 4.42 Å². The molecule has 152 valence electrons. The van der Waals surface area contributed by atoms with E-state index < -0.39 is 31.3 Å². The maximum absolute atomic E-state index is 12.3. The van der Waals surface area contributed by atoms with Gasteiger partial charge in [0, 0.05) is 11.8 Å². The molecule has 1 N–H and O–H groups in total. The topological polar surface area (TPSA) is 136 Å². The minimum Gasteiger partial charge on any atom is -0.403 e. The van der Waals surface area contributed by atoms with E-state index in [1.54, 1.807) is 18.2 Å². The fraction of sp³-hybridized carbons (Fsp3) is 0.167. The summed E-state index contributed by atoms with van der Waals surface area (Å²) in [5, 5.41) is 9.63. The van der Waals surface area contributed by atoms with Gasteiger partial charge in [0.1, 0.15) is 5.75 Å². The Kier molecular flexibility index (Phi) is 5.53. The highest BCUT2D eigenvalue weighted by molar-refractivity contribution is 7.92. The first-order chi connectivity index (χ1) is 13.5. The molecule has 0 saturated heterocycles. The maximum Gasteiger partial charge on any atom is 0.322 e. The summed E-state index contributed by atoms with van der Waals surface area (Å²) in [7, 11) is -7.25. The number of hydrogen-bond acceptors (Lipinski definition) is 8. The third-order valence-electron chi connectivity index (χ3n) is 3.88. The van der Waals surface area contributed by atoms with Crippen LogP contribution in [0.4, 0.5) is 6.01 Å². The van der Waals surface area contributed by atoms with Crippen LogP contribution in [0, 0.1) is 6.92 Å². The van der Waals surface area contributed by atoms with Gasteiger partial charge in [0.2, 0.25) is 11.8 Å². The molecule has 9 nitrogen and oxygen atoms in total. The highest BCUT2D eigenvalue weighted by Gasteiger charge is 2.21. The predicted molar refractivity (Wildman–Crippen MR) is 105 cm³/mol. The van der Waals surface area contributed by atoms with Crippen LogP contribution < -0.4 is 5.32 Å². The molecule has 0 aliphatic rings. The number of sulfone groups is 2.